The Morgan fingerprint density at radius 1 is 0.828 bits per heavy atom. The molecule has 162 valence electrons. The van der Waals surface area contributed by atoms with Crippen LogP contribution < -0.4 is 0 Å². The van der Waals surface area contributed by atoms with E-state index in [9.17, 15) is 4.79 Å². The van der Waals surface area contributed by atoms with Crippen molar-refractivity contribution in [3.63, 3.8) is 0 Å². The van der Waals surface area contributed by atoms with Crippen molar-refractivity contribution in [2.24, 2.45) is 50.7 Å². The Labute approximate surface area is 177 Å². The monoisotopic (exact) mass is 398 g/mol. The zero-order valence-corrected chi connectivity index (χ0v) is 19.5. The van der Waals surface area contributed by atoms with E-state index in [-0.39, 0.29) is 5.41 Å². The Morgan fingerprint density at radius 2 is 1.59 bits per heavy atom. The molecule has 2 bridgehead atoms. The molecule has 1 heterocycles. The van der Waals surface area contributed by atoms with Gasteiger partial charge in [0.15, 0.2) is 0 Å². The highest BCUT2D eigenvalue weighted by molar-refractivity contribution is 5.84. The van der Waals surface area contributed by atoms with Gasteiger partial charge < -0.3 is 4.74 Å². The van der Waals surface area contributed by atoms with Gasteiger partial charge in [-0.15, -0.1) is 0 Å². The highest BCUT2D eigenvalue weighted by Crippen LogP contribution is 2.77. The fraction of sp³-hybridized carbons (Fsp3) is 0.963. The number of ketones is 1. The molecule has 5 aliphatic carbocycles. The summed E-state index contributed by atoms with van der Waals surface area (Å²) in [6.45, 7) is 13.9. The Kier molecular flexibility index (Phi) is 3.67. The van der Waals surface area contributed by atoms with Gasteiger partial charge in [-0.25, -0.2) is 0 Å². The van der Waals surface area contributed by atoms with E-state index < -0.39 is 0 Å². The van der Waals surface area contributed by atoms with Gasteiger partial charge in [0.1, 0.15) is 5.78 Å². The quantitative estimate of drug-likeness (QED) is 0.470. The van der Waals surface area contributed by atoms with Crippen LogP contribution in [0, 0.1) is 50.7 Å². The van der Waals surface area contributed by atoms with Gasteiger partial charge in [-0.2, -0.15) is 0 Å². The van der Waals surface area contributed by atoms with E-state index >= 15 is 0 Å². The van der Waals surface area contributed by atoms with Gasteiger partial charge in [0.05, 0.1) is 12.7 Å². The average molecular weight is 399 g/mol. The molecule has 0 spiro atoms. The lowest BCUT2D eigenvalue weighted by molar-refractivity contribution is -0.221. The number of Topliss-reactive ketones (excluding diaryl/α,β-unsaturated/α-hetero) is 1. The van der Waals surface area contributed by atoms with Crippen LogP contribution in [0.4, 0.5) is 0 Å². The van der Waals surface area contributed by atoms with E-state index in [0.29, 0.717) is 39.5 Å². The summed E-state index contributed by atoms with van der Waals surface area (Å²) in [6, 6.07) is 0. The van der Waals surface area contributed by atoms with Crippen molar-refractivity contribution in [3.05, 3.63) is 0 Å². The van der Waals surface area contributed by atoms with E-state index in [2.05, 4.69) is 34.6 Å². The van der Waals surface area contributed by atoms with Crippen LogP contribution in [0.3, 0.4) is 0 Å². The second-order valence-corrected chi connectivity index (χ2v) is 13.7. The van der Waals surface area contributed by atoms with Crippen molar-refractivity contribution in [1.82, 2.24) is 0 Å². The molecule has 2 nitrogen and oxygen atoms in total. The summed E-state index contributed by atoms with van der Waals surface area (Å²) in [7, 11) is 0. The van der Waals surface area contributed by atoms with Crippen LogP contribution in [0.15, 0.2) is 0 Å². The topological polar surface area (TPSA) is 26.3 Å². The van der Waals surface area contributed by atoms with E-state index in [1.54, 1.807) is 0 Å². The minimum absolute atomic E-state index is 0.272. The first-order valence-corrected chi connectivity index (χ1v) is 12.7. The Hall–Kier alpha value is -0.370. The number of ether oxygens (including phenoxy) is 1. The lowest BCUT2D eigenvalue weighted by Crippen LogP contribution is -2.65. The average Bonchev–Trinajstić information content (AvgIpc) is 3.16. The molecule has 1 aliphatic heterocycles. The zero-order valence-electron chi connectivity index (χ0n) is 19.5. The third kappa shape index (κ3) is 2.07. The molecule has 0 aromatic heterocycles. The molecule has 6 rings (SSSR count). The second-order valence-electron chi connectivity index (χ2n) is 13.7. The van der Waals surface area contributed by atoms with Crippen molar-refractivity contribution >= 4 is 5.78 Å². The minimum atomic E-state index is 0.272. The first kappa shape index (κ1) is 19.3. The lowest BCUT2D eigenvalue weighted by atomic mass is 9.33. The number of carbonyl (C=O) groups is 1. The maximum absolute atomic E-state index is 12.7. The molecule has 9 atom stereocenters. The summed E-state index contributed by atoms with van der Waals surface area (Å²) in [5.41, 5.74) is 1.91. The van der Waals surface area contributed by atoms with Crippen LogP contribution >= 0.6 is 0 Å². The summed E-state index contributed by atoms with van der Waals surface area (Å²) in [6.07, 6.45) is 13.2. The van der Waals surface area contributed by atoms with E-state index in [1.165, 1.54) is 44.9 Å². The summed E-state index contributed by atoms with van der Waals surface area (Å²) in [5, 5.41) is 0. The maximum atomic E-state index is 12.7. The molecule has 0 aromatic rings. The number of rotatable bonds is 0. The lowest BCUT2D eigenvalue weighted by Gasteiger charge is -2.70. The molecular weight excluding hydrogens is 356 g/mol. The number of fused-ring (bicyclic) bond motifs is 5. The zero-order chi connectivity index (χ0) is 20.4. The van der Waals surface area contributed by atoms with Crippen molar-refractivity contribution in [2.75, 3.05) is 6.61 Å². The third-order valence-electron chi connectivity index (χ3n) is 12.7. The summed E-state index contributed by atoms with van der Waals surface area (Å²) >= 11 is 0. The summed E-state index contributed by atoms with van der Waals surface area (Å²) in [4.78, 5) is 12.7. The minimum Gasteiger partial charge on any atom is -0.377 e. The molecule has 0 amide bonds. The summed E-state index contributed by atoms with van der Waals surface area (Å²) < 4.78 is 6.65. The molecule has 6 fully saturated rings. The number of carbonyl (C=O) groups excluding carboxylic acids is 1. The molecule has 0 unspecified atom stereocenters. The molecular formula is C27H42O2. The highest BCUT2D eigenvalue weighted by atomic mass is 16.5. The van der Waals surface area contributed by atoms with Gasteiger partial charge in [0.2, 0.25) is 0 Å². The maximum Gasteiger partial charge on any atom is 0.136 e. The molecule has 6 aliphatic rings. The van der Waals surface area contributed by atoms with Gasteiger partial charge in [-0.1, -0.05) is 34.6 Å². The van der Waals surface area contributed by atoms with Gasteiger partial charge >= 0.3 is 0 Å². The fourth-order valence-electron chi connectivity index (χ4n) is 10.8. The van der Waals surface area contributed by atoms with Crippen LogP contribution in [0.25, 0.3) is 0 Å². The van der Waals surface area contributed by atoms with Gasteiger partial charge in [-0.3, -0.25) is 4.79 Å². The second kappa shape index (κ2) is 5.51. The fourth-order valence-corrected chi connectivity index (χ4v) is 10.8. The highest BCUT2D eigenvalue weighted by Gasteiger charge is 2.72. The Morgan fingerprint density at radius 3 is 2.38 bits per heavy atom. The van der Waals surface area contributed by atoms with Crippen LogP contribution in [0.5, 0.6) is 0 Å². The smallest absolute Gasteiger partial charge is 0.136 e. The first-order chi connectivity index (χ1) is 13.6. The predicted octanol–water partition coefficient (Wildman–Crippen LogP) is 6.42. The van der Waals surface area contributed by atoms with E-state index in [1.807, 2.05) is 0 Å². The van der Waals surface area contributed by atoms with E-state index in [4.69, 9.17) is 4.74 Å². The number of hydrogen-bond acceptors (Lipinski definition) is 2. The normalized spacial score (nSPS) is 60.2. The van der Waals surface area contributed by atoms with Crippen molar-refractivity contribution in [1.29, 1.82) is 0 Å². The van der Waals surface area contributed by atoms with Crippen LogP contribution in [0.2, 0.25) is 0 Å². The number of hydrogen-bond donors (Lipinski definition) is 0. The molecule has 2 heteroatoms. The SMILES string of the molecule is CC1(C)CC[C@]23CC[C@]4(C)[C@H](CC[C@H]5[C@@]6(C)CCC(=O)[C@@H]6CC[C@]54C)[C@@H]2[C@H]1OC3. The molecule has 1 saturated heterocycles. The predicted molar refractivity (Wildman–Crippen MR) is 115 cm³/mol. The van der Waals surface area contributed by atoms with Crippen LogP contribution in [-0.4, -0.2) is 18.5 Å². The molecule has 0 aromatic carbocycles. The summed E-state index contributed by atoms with van der Waals surface area (Å²) in [5.74, 6) is 3.29. The standard InChI is InChI=1S/C27H42O2/c1-23(2)12-14-27-15-13-25(4)18(21(27)22(23)29-16-27)6-7-20-24(3)10-9-19(28)17(24)8-11-26(20,25)5/h17-18,20-22H,6-16H2,1-5H3/t17-,18+,20-,21+,22+,24-,25+,26+,27+/m0/s1. The van der Waals surface area contributed by atoms with Crippen LogP contribution in [-0.2, 0) is 9.53 Å². The van der Waals surface area contributed by atoms with Gasteiger partial charge in [0, 0.05) is 12.3 Å². The first-order valence-electron chi connectivity index (χ1n) is 12.7. The van der Waals surface area contributed by atoms with Gasteiger partial charge in [-0.05, 0) is 103 Å². The van der Waals surface area contributed by atoms with Crippen molar-refractivity contribution in [2.45, 2.75) is 105 Å². The van der Waals surface area contributed by atoms with Crippen molar-refractivity contribution in [3.8, 4) is 0 Å². The molecule has 29 heavy (non-hydrogen) atoms. The van der Waals surface area contributed by atoms with Crippen LogP contribution in [0.1, 0.15) is 98.8 Å². The molecule has 0 radical (unpaired) electrons. The Balaban J connectivity index is 1.42. The third-order valence-corrected chi connectivity index (χ3v) is 12.7. The molecule has 5 saturated carbocycles. The van der Waals surface area contributed by atoms with Gasteiger partial charge in [0.25, 0.3) is 0 Å². The molecule has 0 N–H and O–H groups in total. The Bertz CT molecular complexity index is 756. The largest absolute Gasteiger partial charge is 0.377 e. The van der Waals surface area contributed by atoms with E-state index in [0.717, 1.165) is 43.6 Å². The van der Waals surface area contributed by atoms with Crippen molar-refractivity contribution < 1.29 is 9.53 Å².